The van der Waals surface area contributed by atoms with Crippen LogP contribution in [0.1, 0.15) is 99.1 Å². The summed E-state index contributed by atoms with van der Waals surface area (Å²) in [5.41, 5.74) is -6.32. The van der Waals surface area contributed by atoms with Gasteiger partial charge in [-0.15, -0.1) is 0 Å². The maximum atomic E-state index is 13.4. The quantitative estimate of drug-likeness (QED) is 0.0831. The molecule has 1 aromatic rings. The molecule has 6 atom stereocenters. The molecular formula is C45H64F6N2O17S3. The third-order valence-corrected chi connectivity index (χ3v) is 17.5. The maximum Gasteiger partial charge on any atom is 0.514 e. The zero-order valence-electron chi connectivity index (χ0n) is 42.3. The average molecular weight is 1120 g/mol. The first-order valence-electron chi connectivity index (χ1n) is 23.0. The van der Waals surface area contributed by atoms with Crippen molar-refractivity contribution in [3.05, 3.63) is 23.3 Å². The summed E-state index contributed by atoms with van der Waals surface area (Å²) in [6, 6.07) is 3.78. The highest BCUT2D eigenvalue weighted by Crippen LogP contribution is 2.67. The van der Waals surface area contributed by atoms with E-state index in [9.17, 15) is 76.3 Å². The fourth-order valence-electron chi connectivity index (χ4n) is 9.57. The smallest absolute Gasteiger partial charge is 0.514 e. The molecule has 28 heteroatoms. The van der Waals surface area contributed by atoms with Gasteiger partial charge in [-0.1, -0.05) is 27.7 Å². The van der Waals surface area contributed by atoms with Crippen molar-refractivity contribution in [2.75, 3.05) is 52.5 Å². The highest BCUT2D eigenvalue weighted by atomic mass is 32.2. The Balaban J connectivity index is 0.000000222. The molecule has 6 bridgehead atoms. The summed E-state index contributed by atoms with van der Waals surface area (Å²) in [5, 5.41) is -10.5. The van der Waals surface area contributed by atoms with Crippen molar-refractivity contribution in [1.29, 1.82) is 0 Å². The Hall–Kier alpha value is -3.96. The fraction of sp³-hybridized carbons (Fsp3) is 0.756. The van der Waals surface area contributed by atoms with Gasteiger partial charge in [0.15, 0.2) is 25.1 Å². The normalized spacial score (nSPS) is 29.4. The molecule has 0 radical (unpaired) electrons. The largest absolute Gasteiger partial charge is 0.743 e. The van der Waals surface area contributed by atoms with Crippen molar-refractivity contribution in [1.82, 2.24) is 4.90 Å². The maximum absolute atomic E-state index is 13.4. The summed E-state index contributed by atoms with van der Waals surface area (Å²) < 4.78 is 171. The Kier molecular flexibility index (Phi) is 17.6. The monoisotopic (exact) mass is 1110 g/mol. The molecule has 2 aliphatic carbocycles. The lowest BCUT2D eigenvalue weighted by Crippen LogP contribution is -3.17. The highest BCUT2D eigenvalue weighted by Gasteiger charge is 2.78. The second kappa shape index (κ2) is 20.9. The van der Waals surface area contributed by atoms with Crippen molar-refractivity contribution in [2.45, 2.75) is 146 Å². The number of carbonyl (C=O) groups is 5. The lowest BCUT2D eigenvalue weighted by Gasteiger charge is -2.38. The summed E-state index contributed by atoms with van der Waals surface area (Å²) in [6.07, 6.45) is -7.04. The average Bonchev–Trinajstić information content (AvgIpc) is 3.73. The Morgan fingerprint density at radius 3 is 1.29 bits per heavy atom. The van der Waals surface area contributed by atoms with Crippen LogP contribution in [0.2, 0.25) is 0 Å². The van der Waals surface area contributed by atoms with E-state index in [4.69, 9.17) is 18.9 Å². The third-order valence-electron chi connectivity index (χ3n) is 15.3. The van der Waals surface area contributed by atoms with E-state index >= 15 is 0 Å². The van der Waals surface area contributed by atoms with Crippen LogP contribution in [0.5, 0.6) is 5.75 Å². The molecule has 7 fully saturated rings. The van der Waals surface area contributed by atoms with Crippen molar-refractivity contribution in [2.24, 2.45) is 21.7 Å². The molecule has 5 saturated heterocycles. The molecule has 19 nitrogen and oxygen atoms in total. The molecule has 8 rings (SSSR count). The molecule has 0 aromatic heterocycles. The van der Waals surface area contributed by atoms with Gasteiger partial charge >= 0.3 is 40.5 Å². The topological polar surface area (TPSA) is 263 Å². The van der Waals surface area contributed by atoms with Crippen LogP contribution in [-0.2, 0) is 75.7 Å². The summed E-state index contributed by atoms with van der Waals surface area (Å²) >= 11 is 3.44. The van der Waals surface area contributed by atoms with Gasteiger partial charge in [0.05, 0.1) is 30.5 Å². The van der Waals surface area contributed by atoms with Gasteiger partial charge in [-0.05, 0) is 110 Å². The minimum Gasteiger partial charge on any atom is -0.743 e. The summed E-state index contributed by atoms with van der Waals surface area (Å²) in [4.78, 5) is 65.4. The first kappa shape index (κ1) is 61.6. The van der Waals surface area contributed by atoms with E-state index in [0.717, 1.165) is 16.0 Å². The number of ether oxygens (including phenoxy) is 6. The first-order valence-corrected chi connectivity index (χ1v) is 26.3. The Bertz CT molecular complexity index is 2370. The number of nitrogens with zero attached hydrogens (tertiary/aromatic N) is 1. The number of aryl methyl sites for hydroxylation is 2. The molecule has 5 heterocycles. The van der Waals surface area contributed by atoms with Crippen molar-refractivity contribution < 1.29 is 110 Å². The molecule has 73 heavy (non-hydrogen) atoms. The lowest BCUT2D eigenvalue weighted by atomic mass is 9.66. The standard InChI is InChI=1S/2C13H17F3O7S.C13H18O3S.C6H12N2/c2*1-10(2)11(3)4-5-12(10,23-8(11)17)9(18)22-6-7(14)13(15,16)24(19,20)21;1-8-6-10(17)7-9(2)11(8)15-12(14)16-13(3,4)5;1-2-8-5-3-7(1)4-6-8/h2*7H,4-6H2,1-3H3,(H,19,20,21);6-7,17H,1-5H3;1-6H2. The molecule has 0 spiro atoms. The van der Waals surface area contributed by atoms with Crippen molar-refractivity contribution in [3.8, 4) is 5.75 Å². The van der Waals surface area contributed by atoms with Gasteiger partial charge in [-0.25, -0.2) is 40.0 Å². The predicted octanol–water partition coefficient (Wildman–Crippen LogP) is 3.44. The Morgan fingerprint density at radius 1 is 0.712 bits per heavy atom. The molecule has 0 amide bonds. The van der Waals surface area contributed by atoms with Gasteiger partial charge in [0.25, 0.3) is 0 Å². The molecule has 6 unspecified atom stereocenters. The van der Waals surface area contributed by atoms with Crippen LogP contribution < -0.4 is 9.64 Å². The SMILES string of the molecule is C1C[NH+]2CCN1CC2.CC12CCC(C(=O)OCC(F)C(F)(F)S(=O)(=O)[O-])(OC1=O)C2(C)C.CC12CCC(C(=O)OCC(F)C(F)(F)S(=O)(=O)[O-])(OC1=O)C2(C)C.Cc1cc([SH2+])cc(C)c1OC(=O)OC(C)(C)C. The molecule has 1 aromatic carbocycles. The van der Waals surface area contributed by atoms with E-state index in [1.807, 2.05) is 30.9 Å². The fourth-order valence-corrected chi connectivity index (χ4v) is 10.8. The van der Waals surface area contributed by atoms with Crippen LogP contribution in [-0.4, -0.2) is 153 Å². The number of esters is 4. The van der Waals surface area contributed by atoms with Crippen LogP contribution in [0.3, 0.4) is 0 Å². The number of hydrogen-bond donors (Lipinski definition) is 1. The minimum atomic E-state index is -6.26. The van der Waals surface area contributed by atoms with E-state index in [2.05, 4.69) is 27.0 Å². The number of alkyl halides is 6. The summed E-state index contributed by atoms with van der Waals surface area (Å²) in [7, 11) is -12.5. The summed E-state index contributed by atoms with van der Waals surface area (Å²) in [6.45, 7) is 23.6. The zero-order valence-corrected chi connectivity index (χ0v) is 44.9. The van der Waals surface area contributed by atoms with Gasteiger partial charge in [-0.3, -0.25) is 14.5 Å². The highest BCUT2D eigenvalue weighted by molar-refractivity contribution is 7.87. The number of carbonyl (C=O) groups excluding carboxylic acids is 5. The number of fused-ring (bicyclic) bond motifs is 7. The second-order valence-corrected chi connectivity index (χ2v) is 24.8. The third kappa shape index (κ3) is 11.6. The lowest BCUT2D eigenvalue weighted by molar-refractivity contribution is -0.914. The zero-order chi connectivity index (χ0) is 56.1. The minimum absolute atomic E-state index is 0.0638. The molecule has 7 aliphatic rings. The van der Waals surface area contributed by atoms with Crippen molar-refractivity contribution in [3.63, 3.8) is 0 Å². The van der Waals surface area contributed by atoms with E-state index in [-0.39, 0.29) is 25.7 Å². The molecule has 1 N–H and O–H groups in total. The molecule has 416 valence electrons. The van der Waals surface area contributed by atoms with Crippen LogP contribution in [0.25, 0.3) is 0 Å². The van der Waals surface area contributed by atoms with Crippen LogP contribution in [0.4, 0.5) is 31.1 Å². The number of piperazine rings is 3. The number of halogens is 6. The number of quaternary nitrogens is 1. The predicted molar refractivity (Wildman–Crippen MR) is 244 cm³/mol. The van der Waals surface area contributed by atoms with Gasteiger partial charge in [-0.2, -0.15) is 17.6 Å². The van der Waals surface area contributed by atoms with Gasteiger partial charge in [0.1, 0.15) is 24.6 Å². The van der Waals surface area contributed by atoms with Crippen LogP contribution in [0, 0.1) is 35.5 Å². The first-order chi connectivity index (χ1) is 32.9. The van der Waals surface area contributed by atoms with Gasteiger partial charge < -0.3 is 42.4 Å². The Labute approximate surface area is 425 Å². The van der Waals surface area contributed by atoms with E-state index in [0.29, 0.717) is 5.75 Å². The van der Waals surface area contributed by atoms with Crippen molar-refractivity contribution >= 4 is 62.9 Å². The van der Waals surface area contributed by atoms with E-state index in [1.165, 1.54) is 39.3 Å². The van der Waals surface area contributed by atoms with Crippen LogP contribution >= 0.6 is 0 Å². The second-order valence-electron chi connectivity index (χ2n) is 21.4. The number of nitrogens with one attached hydrogen (secondary N) is 1. The van der Waals surface area contributed by atoms with Crippen LogP contribution in [0.15, 0.2) is 17.0 Å². The number of rotatable bonds is 11. The van der Waals surface area contributed by atoms with Gasteiger partial charge in [0.2, 0.25) is 23.5 Å². The molecule has 2 saturated carbocycles. The van der Waals surface area contributed by atoms with E-state index in [1.54, 1.807) is 62.3 Å². The number of benzene rings is 1. The molecule has 5 aliphatic heterocycles. The molecular weight excluding hydrogens is 1050 g/mol. The Morgan fingerprint density at radius 2 is 1.05 bits per heavy atom. The van der Waals surface area contributed by atoms with E-state index < -0.39 is 125 Å². The summed E-state index contributed by atoms with van der Waals surface area (Å²) in [5.74, 6) is -3.24. The van der Waals surface area contributed by atoms with Gasteiger partial charge in [0, 0.05) is 30.5 Å². The number of hydrogen-bond acceptors (Lipinski definition) is 18.